The largest absolute Gasteiger partial charge is 0.446 e. The molecular formula is C71H90O7Si10. The highest BCUT2D eigenvalue weighted by Gasteiger charge is 2.58. The third-order valence-electron chi connectivity index (χ3n) is 17.2. The Morgan fingerprint density at radius 3 is 0.545 bits per heavy atom. The van der Waals surface area contributed by atoms with Gasteiger partial charge < -0.3 is 28.8 Å². The van der Waals surface area contributed by atoms with Gasteiger partial charge in [0.05, 0.1) is 0 Å². The van der Waals surface area contributed by atoms with Gasteiger partial charge in [-0.1, -0.05) is 273 Å². The van der Waals surface area contributed by atoms with E-state index >= 15 is 0 Å². The molecule has 88 heavy (non-hydrogen) atoms. The van der Waals surface area contributed by atoms with Crippen molar-refractivity contribution >= 4 is 131 Å². The summed E-state index contributed by atoms with van der Waals surface area (Å²) in [6.45, 7) is 25.9. The standard InChI is InChI=1S/C71H90O7Si10/c1-79(2,72-86(63-39-21-12-22-40-63,64-41-23-13-24-42-64)65-43-25-14-26-44-65)57-60-83(9)75-82(7,8)76-84(10,61-58-80(3,4)73-87(66-45-27-15-28-46-66,67-47-29-16-30-48-67)68-49-31-17-32-50-68)78-85(11,77-83)62-59-81(5,6)74-88(69-51-33-18-34-52-69,70-53-35-19-36-54-70)71-55-37-20-38-56-71/h12-56H,57-62H2,1-11H3. The summed E-state index contributed by atoms with van der Waals surface area (Å²) >= 11 is 0. The minimum atomic E-state index is -3.25. The molecule has 0 aromatic heterocycles. The van der Waals surface area contributed by atoms with Gasteiger partial charge in [-0.25, -0.2) is 0 Å². The second kappa shape index (κ2) is 27.4. The van der Waals surface area contributed by atoms with E-state index in [0.717, 1.165) is 36.3 Å². The molecule has 17 heteroatoms. The second-order valence-electron chi connectivity index (χ2n) is 26.6. The maximum Gasteiger partial charge on any atom is 0.317 e. The van der Waals surface area contributed by atoms with Crippen molar-refractivity contribution in [2.45, 2.75) is 108 Å². The van der Waals surface area contributed by atoms with Crippen molar-refractivity contribution in [1.29, 1.82) is 0 Å². The van der Waals surface area contributed by atoms with Crippen LogP contribution >= 0.6 is 0 Å². The molecule has 0 N–H and O–H groups in total. The van der Waals surface area contributed by atoms with E-state index in [4.69, 9.17) is 28.8 Å². The Morgan fingerprint density at radius 1 is 0.239 bits per heavy atom. The molecule has 7 nitrogen and oxygen atoms in total. The van der Waals surface area contributed by atoms with Gasteiger partial charge in [-0.2, -0.15) is 0 Å². The Kier molecular flexibility index (Phi) is 20.5. The average Bonchev–Trinajstić information content (AvgIpc) is 0.958. The zero-order valence-electron chi connectivity index (χ0n) is 53.6. The lowest BCUT2D eigenvalue weighted by Crippen LogP contribution is -2.73. The first-order valence-corrected chi connectivity index (χ1v) is 56.9. The number of hydrogen-bond acceptors (Lipinski definition) is 7. The SMILES string of the molecule is C[Si](C)(CC[Si]1(C)O[Si](C)(C)O[Si](C)(CC[Si](C)(C)O[Si](c2ccccc2)(c2ccccc2)c2ccccc2)O[Si](C)(CC[Si](C)(C)O[Si](c2ccccc2)(c2ccccc2)c2ccccc2)O1)O[Si](c1ccccc1)(c1ccccc1)c1ccccc1. The smallest absolute Gasteiger partial charge is 0.317 e. The number of hydrogen-bond donors (Lipinski definition) is 0. The van der Waals surface area contributed by atoms with Crippen molar-refractivity contribution in [3.05, 3.63) is 273 Å². The molecule has 10 rings (SSSR count). The van der Waals surface area contributed by atoms with Crippen molar-refractivity contribution in [3.8, 4) is 0 Å². The molecule has 1 aliphatic heterocycles. The van der Waals surface area contributed by atoms with Crippen LogP contribution in [-0.4, -0.2) is 84.1 Å². The lowest BCUT2D eigenvalue weighted by Gasteiger charge is -2.51. The molecule has 9 aromatic carbocycles. The monoisotopic (exact) mass is 1330 g/mol. The minimum Gasteiger partial charge on any atom is -0.446 e. The molecule has 0 amide bonds. The number of benzene rings is 9. The van der Waals surface area contributed by atoms with E-state index in [9.17, 15) is 0 Å². The Labute approximate surface area is 536 Å². The highest BCUT2D eigenvalue weighted by atomic mass is 28.5. The molecular weight excluding hydrogens is 1250 g/mol. The summed E-state index contributed by atoms with van der Waals surface area (Å²) in [5.41, 5.74) is 0. The van der Waals surface area contributed by atoms with Gasteiger partial charge in [0.1, 0.15) is 0 Å². The molecule has 2 unspecified atom stereocenters. The van der Waals surface area contributed by atoms with E-state index in [-0.39, 0.29) is 0 Å². The predicted molar refractivity (Wildman–Crippen MR) is 393 cm³/mol. The Morgan fingerprint density at radius 2 is 0.386 bits per heavy atom. The van der Waals surface area contributed by atoms with Crippen LogP contribution in [-0.2, 0) is 28.8 Å². The summed E-state index contributed by atoms with van der Waals surface area (Å²) in [6.07, 6.45) is 0. The fourth-order valence-corrected chi connectivity index (χ4v) is 70.7. The van der Waals surface area contributed by atoms with Crippen LogP contribution in [0, 0.1) is 0 Å². The van der Waals surface area contributed by atoms with Gasteiger partial charge in [-0.3, -0.25) is 0 Å². The molecule has 456 valence electrons. The van der Waals surface area contributed by atoms with Crippen LogP contribution in [0.2, 0.25) is 108 Å². The molecule has 0 saturated carbocycles. The van der Waals surface area contributed by atoms with Crippen LogP contribution in [0.1, 0.15) is 0 Å². The molecule has 0 aliphatic carbocycles. The first kappa shape index (κ1) is 65.8. The van der Waals surface area contributed by atoms with E-state index in [0.29, 0.717) is 0 Å². The van der Waals surface area contributed by atoms with E-state index in [1.807, 2.05) is 0 Å². The quantitative estimate of drug-likeness (QED) is 0.0441. The fourth-order valence-electron chi connectivity index (χ4n) is 13.4. The van der Waals surface area contributed by atoms with Crippen molar-refractivity contribution < 1.29 is 28.8 Å². The van der Waals surface area contributed by atoms with Gasteiger partial charge in [-0.15, -0.1) is 0 Å². The van der Waals surface area contributed by atoms with Gasteiger partial charge >= 0.3 is 34.2 Å². The topological polar surface area (TPSA) is 64.6 Å². The molecule has 1 heterocycles. The summed E-state index contributed by atoms with van der Waals surface area (Å²) in [5, 5.41) is 11.2. The van der Waals surface area contributed by atoms with Gasteiger partial charge in [0, 0.05) is 0 Å². The van der Waals surface area contributed by atoms with Crippen LogP contribution in [0.3, 0.4) is 0 Å². The molecule has 9 aromatic rings. The van der Waals surface area contributed by atoms with Crippen molar-refractivity contribution in [2.24, 2.45) is 0 Å². The summed E-state index contributed by atoms with van der Waals surface area (Å²) in [6, 6.07) is 104. The third kappa shape index (κ3) is 15.3. The van der Waals surface area contributed by atoms with Crippen molar-refractivity contribution in [3.63, 3.8) is 0 Å². The Balaban J connectivity index is 1.01. The maximum atomic E-state index is 8.15. The molecule has 1 aliphatic rings. The first-order chi connectivity index (χ1) is 42.0. The molecule has 2 atom stereocenters. The van der Waals surface area contributed by atoms with Crippen LogP contribution in [0.25, 0.3) is 0 Å². The molecule has 0 spiro atoms. The summed E-state index contributed by atoms with van der Waals surface area (Å²) in [4.78, 5) is 0. The second-order valence-corrected chi connectivity index (χ2v) is 64.8. The molecule has 1 saturated heterocycles. The van der Waals surface area contributed by atoms with E-state index in [1.165, 1.54) is 46.7 Å². The van der Waals surface area contributed by atoms with E-state index < -0.39 is 84.1 Å². The van der Waals surface area contributed by atoms with Crippen LogP contribution < -0.4 is 46.7 Å². The van der Waals surface area contributed by atoms with Gasteiger partial charge in [-0.05, 0) is 155 Å². The van der Waals surface area contributed by atoms with Crippen molar-refractivity contribution in [1.82, 2.24) is 0 Å². The molecule has 0 bridgehead atoms. The highest BCUT2D eigenvalue weighted by molar-refractivity contribution is 7.12. The number of rotatable bonds is 24. The maximum absolute atomic E-state index is 8.15. The first-order valence-electron chi connectivity index (χ1n) is 31.4. The Hall–Kier alpha value is -5.13. The zero-order valence-corrected chi connectivity index (χ0v) is 63.6. The van der Waals surface area contributed by atoms with Crippen LogP contribution in [0.15, 0.2) is 273 Å². The van der Waals surface area contributed by atoms with Crippen molar-refractivity contribution in [2.75, 3.05) is 0 Å². The highest BCUT2D eigenvalue weighted by Crippen LogP contribution is 2.41. The lowest BCUT2D eigenvalue weighted by atomic mass is 10.3. The summed E-state index contributed by atoms with van der Waals surface area (Å²) in [5.74, 6) is 0. The fraction of sp³-hybridized carbons (Fsp3) is 0.239. The van der Waals surface area contributed by atoms with Gasteiger partial charge in [0.2, 0.25) is 0 Å². The Bertz CT molecular complexity index is 3170. The molecule has 1 fully saturated rings. The lowest BCUT2D eigenvalue weighted by molar-refractivity contribution is 0.227. The summed E-state index contributed by atoms with van der Waals surface area (Å²) < 4.78 is 56.1. The molecule has 0 radical (unpaired) electrons. The normalized spacial score (nSPS) is 19.5. The minimum absolute atomic E-state index is 0.738. The third-order valence-corrected chi connectivity index (χ3v) is 61.5. The van der Waals surface area contributed by atoms with E-state index in [2.05, 4.69) is 345 Å². The van der Waals surface area contributed by atoms with E-state index in [1.54, 1.807) is 0 Å². The average molecular weight is 1340 g/mol. The zero-order chi connectivity index (χ0) is 62.2. The van der Waals surface area contributed by atoms with Crippen LogP contribution in [0.4, 0.5) is 0 Å². The van der Waals surface area contributed by atoms with Gasteiger partial charge in [0.15, 0.2) is 25.0 Å². The summed E-state index contributed by atoms with van der Waals surface area (Å²) in [7, 11) is -29.4. The van der Waals surface area contributed by atoms with Gasteiger partial charge in [0.25, 0.3) is 25.0 Å². The predicted octanol–water partition coefficient (Wildman–Crippen LogP) is 12.7. The van der Waals surface area contributed by atoms with Crippen LogP contribution in [0.5, 0.6) is 0 Å².